The van der Waals surface area contributed by atoms with Crippen molar-refractivity contribution in [1.29, 1.82) is 0 Å². The summed E-state index contributed by atoms with van der Waals surface area (Å²) < 4.78 is 7.46. The van der Waals surface area contributed by atoms with Crippen molar-refractivity contribution in [2.75, 3.05) is 0 Å². The van der Waals surface area contributed by atoms with Gasteiger partial charge in [0.2, 0.25) is 0 Å². The van der Waals surface area contributed by atoms with Crippen LogP contribution >= 0.6 is 22.9 Å². The molecule has 0 aliphatic heterocycles. The minimum Gasteiger partial charge on any atom is -0.316 e. The van der Waals surface area contributed by atoms with Crippen LogP contribution in [0.5, 0.6) is 0 Å². The van der Waals surface area contributed by atoms with Gasteiger partial charge in [0.15, 0.2) is 7.31 Å². The van der Waals surface area contributed by atoms with Gasteiger partial charge < -0.3 is 3.43 Å². The van der Waals surface area contributed by atoms with Gasteiger partial charge >= 0.3 is 0 Å². The van der Waals surface area contributed by atoms with Crippen LogP contribution in [0.1, 0.15) is 0 Å². The van der Waals surface area contributed by atoms with Crippen molar-refractivity contribution in [2.45, 2.75) is 0 Å². The van der Waals surface area contributed by atoms with E-state index < -0.39 is 0 Å². The van der Waals surface area contributed by atoms with Crippen LogP contribution in [0.4, 0.5) is 0 Å². The molecule has 0 atom stereocenters. The number of rotatable bonds is 1. The Morgan fingerprint density at radius 2 is 2.75 bits per heavy atom. The Bertz CT molecular complexity index is 23.6. The zero-order valence-corrected chi connectivity index (χ0v) is 4.14. The standard InChI is InChI=1S/B2HIN/c1-2-4-3/h4H/i4T. The molecule has 3 radical (unpaired) electrons. The highest BCUT2D eigenvalue weighted by Gasteiger charge is 1.59. The van der Waals surface area contributed by atoms with Gasteiger partial charge in [0, 0.05) is 30.6 Å². The maximum Gasteiger partial charge on any atom is 0.158 e. The highest BCUT2D eigenvalue weighted by atomic mass is 127. The van der Waals surface area contributed by atoms with E-state index in [0.717, 1.165) is 10.7 Å². The molecular formula is HB2IN. The van der Waals surface area contributed by atoms with Gasteiger partial charge in [-0.05, 0) is 0 Å². The average molecular weight is 166 g/mol. The summed E-state index contributed by atoms with van der Waals surface area (Å²) in [6, 6.07) is 0. The van der Waals surface area contributed by atoms with Crippen molar-refractivity contribution >= 4 is 37.9 Å². The number of hydrogen-bond acceptors (Lipinski definition) is 1. The van der Waals surface area contributed by atoms with Crippen molar-refractivity contribution in [2.24, 2.45) is 0 Å². The van der Waals surface area contributed by atoms with Crippen LogP contribution in [-0.4, -0.2) is 15.0 Å². The Kier molecular flexibility index (Phi) is 2.89. The van der Waals surface area contributed by atoms with Crippen LogP contribution in [0.2, 0.25) is 1.41 Å². The minimum atomic E-state index is 0.998. The molecule has 4 heavy (non-hydrogen) atoms. The van der Waals surface area contributed by atoms with Crippen LogP contribution in [-0.2, 0) is 0 Å². The normalized spacial score (nSPS) is 11.0. The molecule has 0 unspecified atom stereocenters. The molecule has 0 fully saturated rings. The second-order valence-electron chi connectivity index (χ2n) is 0.247. The van der Waals surface area contributed by atoms with Gasteiger partial charge in [-0.1, -0.05) is 0 Å². The SMILES string of the molecule is [3H]N(I)[B][B]. The van der Waals surface area contributed by atoms with Crippen molar-refractivity contribution in [3.63, 3.8) is 0 Å². The summed E-state index contributed by atoms with van der Waals surface area (Å²) in [5, 5.41) is 0. The largest absolute Gasteiger partial charge is 0.316 e. The number of nitrogens with one attached hydrogen (secondary N) is 1. The molecule has 4 heteroatoms. The molecule has 0 saturated carbocycles. The zero-order chi connectivity index (χ0) is 4.28. The number of hydrogen-bond donors (Lipinski definition) is 1. The van der Waals surface area contributed by atoms with Gasteiger partial charge in [0.05, 0.1) is 0 Å². The Balaban J connectivity index is 2.54. The summed E-state index contributed by atoms with van der Waals surface area (Å²) in [5.74, 6) is 0. The second-order valence-corrected chi connectivity index (χ2v) is 0.804. The molecular weight excluding hydrogens is 163 g/mol. The maximum absolute atomic E-state index is 6.47. The van der Waals surface area contributed by atoms with E-state index in [2.05, 4.69) is 0 Å². The molecule has 0 aliphatic rings. The Labute approximate surface area is 43.2 Å². The van der Waals surface area contributed by atoms with Crippen LogP contribution in [0, 0.1) is 0 Å². The first-order chi connectivity index (χ1) is 2.27. The lowest BCUT2D eigenvalue weighted by Gasteiger charge is -1.69. The quantitative estimate of drug-likeness (QED) is 0.318. The molecule has 0 aromatic carbocycles. The van der Waals surface area contributed by atoms with E-state index in [9.17, 15) is 0 Å². The first-order valence-corrected chi connectivity index (χ1v) is 1.73. The third-order valence-electron chi connectivity index (χ3n) is 0.0563. The zero-order valence-electron chi connectivity index (χ0n) is 2.98. The van der Waals surface area contributed by atoms with E-state index in [1.54, 1.807) is 22.9 Å². The van der Waals surface area contributed by atoms with Gasteiger partial charge in [-0.2, -0.15) is 0 Å². The Morgan fingerprint density at radius 3 is 2.75 bits per heavy atom. The molecule has 0 aromatic rings. The van der Waals surface area contributed by atoms with Crippen LogP contribution in [0.25, 0.3) is 0 Å². The van der Waals surface area contributed by atoms with Gasteiger partial charge in [0.25, 0.3) is 0 Å². The molecule has 0 aromatic heterocycles. The molecule has 0 rings (SSSR count). The summed E-state index contributed by atoms with van der Waals surface area (Å²) >= 11 is 1.73. The van der Waals surface area contributed by atoms with E-state index in [0.29, 0.717) is 0 Å². The molecule has 1 nitrogen and oxygen atoms in total. The fourth-order valence-electron chi connectivity index (χ4n) is 0. The van der Waals surface area contributed by atoms with Crippen molar-refractivity contribution in [3.8, 4) is 0 Å². The van der Waals surface area contributed by atoms with Crippen LogP contribution < -0.4 is 3.43 Å². The molecule has 0 heterocycles. The lowest BCUT2D eigenvalue weighted by Crippen LogP contribution is -2.02. The summed E-state index contributed by atoms with van der Waals surface area (Å²) in [5.41, 5.74) is 0. The Morgan fingerprint density at radius 1 is 2.50 bits per heavy atom. The summed E-state index contributed by atoms with van der Waals surface area (Å²) in [7, 11) is 5.93. The van der Waals surface area contributed by atoms with Gasteiger partial charge in [-0.25, -0.2) is 0 Å². The summed E-state index contributed by atoms with van der Waals surface area (Å²) in [4.78, 5) is 0. The smallest absolute Gasteiger partial charge is 0.158 e. The lowest BCUT2D eigenvalue weighted by molar-refractivity contribution is 1.82. The third-order valence-corrected chi connectivity index (χ3v) is 0.378. The second kappa shape index (κ2) is 3.82. The molecule has 0 amide bonds. The fraction of sp³-hybridized carbons (Fsp3) is 0. The molecule has 0 saturated heterocycles. The lowest BCUT2D eigenvalue weighted by atomic mass is 9.69. The van der Waals surface area contributed by atoms with E-state index in [4.69, 9.17) is 9.15 Å². The molecule has 1 N–H and O–H groups in total. The molecule has 0 spiro atoms. The fourth-order valence-corrected chi connectivity index (χ4v) is 0. The molecule has 0 bridgehead atoms. The summed E-state index contributed by atoms with van der Waals surface area (Å²) in [6.45, 7) is 0. The number of halogens is 1. The van der Waals surface area contributed by atoms with Crippen molar-refractivity contribution in [3.05, 3.63) is 0 Å². The molecule has 0 aliphatic carbocycles. The third kappa shape index (κ3) is 2.82. The van der Waals surface area contributed by atoms with Crippen molar-refractivity contribution < 1.29 is 1.41 Å². The first-order valence-electron chi connectivity index (χ1n) is 1.21. The predicted octanol–water partition coefficient (Wildman–Crippen LogP) is -0.371. The van der Waals surface area contributed by atoms with E-state index >= 15 is 0 Å². The average Bonchev–Trinajstić information content (AvgIpc) is 1.38. The summed E-state index contributed by atoms with van der Waals surface area (Å²) in [6.07, 6.45) is 0. The van der Waals surface area contributed by atoms with Gasteiger partial charge in [-0.15, -0.1) is 0 Å². The van der Waals surface area contributed by atoms with Crippen LogP contribution in [0.15, 0.2) is 0 Å². The monoisotopic (exact) mass is 166 g/mol. The highest BCUT2D eigenvalue weighted by molar-refractivity contribution is 14.1. The predicted molar refractivity (Wildman–Crippen MR) is 28.7 cm³/mol. The van der Waals surface area contributed by atoms with Crippen molar-refractivity contribution in [1.82, 2.24) is 3.43 Å². The topological polar surface area (TPSA) is 12.0 Å². The van der Waals surface area contributed by atoms with Crippen LogP contribution in [0.3, 0.4) is 0 Å². The van der Waals surface area contributed by atoms with E-state index in [1.165, 1.54) is 0 Å². The van der Waals surface area contributed by atoms with Gasteiger partial charge in [-0.3, -0.25) is 0 Å². The maximum atomic E-state index is 6.47. The van der Waals surface area contributed by atoms with E-state index in [1.807, 2.05) is 0 Å². The first kappa shape index (κ1) is 3.03. The highest BCUT2D eigenvalue weighted by Crippen LogP contribution is 1.54. The Hall–Kier alpha value is 0.820. The minimum absolute atomic E-state index is 0.998. The van der Waals surface area contributed by atoms with Gasteiger partial charge in [0.1, 0.15) is 1.41 Å². The molecule has 19 valence electrons. The van der Waals surface area contributed by atoms with E-state index in [-0.39, 0.29) is 0 Å².